The fourth-order valence-corrected chi connectivity index (χ4v) is 3.29. The van der Waals surface area contributed by atoms with E-state index in [9.17, 15) is 0 Å². The van der Waals surface area contributed by atoms with E-state index in [-0.39, 0.29) is 0 Å². The van der Waals surface area contributed by atoms with Gasteiger partial charge in [0.05, 0.1) is 12.2 Å². The van der Waals surface area contributed by atoms with Crippen LogP contribution in [0.15, 0.2) is 39.9 Å². The topological polar surface area (TPSA) is 65.7 Å². The number of aryl methyl sites for hydroxylation is 1. The summed E-state index contributed by atoms with van der Waals surface area (Å²) in [5.74, 6) is 2.13. The second-order valence-electron chi connectivity index (χ2n) is 7.09. The van der Waals surface area contributed by atoms with Crippen molar-refractivity contribution < 1.29 is 4.42 Å². The largest absolute Gasteiger partial charge is 0.444 e. The standard InChI is InChI=1S/C20H29N5O/c1-15-6-8-17(9-7-15)19-24-18(14-26-19)12-23-20(21-2)22-11-16-5-4-10-25(3)13-16/h6-9,14,16H,4-5,10-13H2,1-3H3,(H2,21,22,23). The molecule has 1 saturated heterocycles. The number of aromatic nitrogens is 1. The Morgan fingerprint density at radius 3 is 2.85 bits per heavy atom. The molecule has 1 aromatic heterocycles. The van der Waals surface area contributed by atoms with Gasteiger partial charge in [0.1, 0.15) is 6.26 Å². The molecule has 1 aliphatic rings. The molecule has 1 aliphatic heterocycles. The summed E-state index contributed by atoms with van der Waals surface area (Å²) in [6.45, 7) is 5.95. The average Bonchev–Trinajstić information content (AvgIpc) is 3.11. The number of likely N-dealkylation sites (tertiary alicyclic amines) is 1. The van der Waals surface area contributed by atoms with Gasteiger partial charge in [0.25, 0.3) is 0 Å². The lowest BCUT2D eigenvalue weighted by atomic mass is 9.99. The highest BCUT2D eigenvalue weighted by molar-refractivity contribution is 5.79. The Hall–Kier alpha value is -2.34. The fraction of sp³-hybridized carbons (Fsp3) is 0.500. The van der Waals surface area contributed by atoms with Gasteiger partial charge >= 0.3 is 0 Å². The summed E-state index contributed by atoms with van der Waals surface area (Å²) in [7, 11) is 3.98. The summed E-state index contributed by atoms with van der Waals surface area (Å²) >= 11 is 0. The van der Waals surface area contributed by atoms with Crippen LogP contribution >= 0.6 is 0 Å². The zero-order valence-corrected chi connectivity index (χ0v) is 16.0. The Morgan fingerprint density at radius 2 is 2.12 bits per heavy atom. The number of hydrogen-bond acceptors (Lipinski definition) is 4. The molecule has 2 N–H and O–H groups in total. The van der Waals surface area contributed by atoms with Crippen molar-refractivity contribution in [1.29, 1.82) is 0 Å². The van der Waals surface area contributed by atoms with Crippen LogP contribution in [-0.4, -0.2) is 49.6 Å². The highest BCUT2D eigenvalue weighted by Crippen LogP contribution is 2.19. The molecule has 26 heavy (non-hydrogen) atoms. The van der Waals surface area contributed by atoms with Crippen molar-refractivity contribution in [3.8, 4) is 11.5 Å². The Morgan fingerprint density at radius 1 is 1.31 bits per heavy atom. The number of nitrogens with one attached hydrogen (secondary N) is 2. The van der Waals surface area contributed by atoms with E-state index in [0.29, 0.717) is 18.4 Å². The summed E-state index contributed by atoms with van der Waals surface area (Å²) in [5, 5.41) is 6.74. The number of piperidine rings is 1. The van der Waals surface area contributed by atoms with Gasteiger partial charge in [-0.3, -0.25) is 4.99 Å². The van der Waals surface area contributed by atoms with Crippen molar-refractivity contribution in [3.05, 3.63) is 41.8 Å². The van der Waals surface area contributed by atoms with E-state index in [1.807, 2.05) is 12.1 Å². The Kier molecular flexibility index (Phi) is 6.28. The minimum absolute atomic E-state index is 0.583. The lowest BCUT2D eigenvalue weighted by molar-refractivity contribution is 0.210. The fourth-order valence-electron chi connectivity index (χ4n) is 3.29. The van der Waals surface area contributed by atoms with Gasteiger partial charge in [-0.2, -0.15) is 0 Å². The van der Waals surface area contributed by atoms with Gasteiger partial charge in [-0.05, 0) is 51.4 Å². The van der Waals surface area contributed by atoms with E-state index in [2.05, 4.69) is 51.6 Å². The number of benzene rings is 1. The van der Waals surface area contributed by atoms with Crippen LogP contribution in [0.4, 0.5) is 0 Å². The van der Waals surface area contributed by atoms with Crippen molar-refractivity contribution >= 4 is 5.96 Å². The molecule has 1 unspecified atom stereocenters. The minimum atomic E-state index is 0.583. The van der Waals surface area contributed by atoms with E-state index in [1.165, 1.54) is 24.9 Å². The summed E-state index contributed by atoms with van der Waals surface area (Å²) in [4.78, 5) is 11.3. The second kappa shape index (κ2) is 8.85. The van der Waals surface area contributed by atoms with E-state index >= 15 is 0 Å². The number of guanidine groups is 1. The van der Waals surface area contributed by atoms with E-state index in [0.717, 1.165) is 30.3 Å². The number of aliphatic imine (C=N–C) groups is 1. The predicted octanol–water partition coefficient (Wildman–Crippen LogP) is 2.66. The molecular weight excluding hydrogens is 326 g/mol. The third kappa shape index (κ3) is 5.08. The molecule has 140 valence electrons. The Balaban J connectivity index is 1.48. The van der Waals surface area contributed by atoms with Gasteiger partial charge in [-0.1, -0.05) is 17.7 Å². The van der Waals surface area contributed by atoms with Crippen LogP contribution in [0.5, 0.6) is 0 Å². The van der Waals surface area contributed by atoms with Crippen molar-refractivity contribution in [2.75, 3.05) is 33.7 Å². The first-order valence-electron chi connectivity index (χ1n) is 9.28. The van der Waals surface area contributed by atoms with Gasteiger partial charge < -0.3 is 20.0 Å². The molecule has 1 fully saturated rings. The van der Waals surface area contributed by atoms with Gasteiger partial charge in [0.15, 0.2) is 5.96 Å². The molecule has 6 nitrogen and oxygen atoms in total. The van der Waals surface area contributed by atoms with Gasteiger partial charge in [-0.25, -0.2) is 4.98 Å². The monoisotopic (exact) mass is 355 g/mol. The highest BCUT2D eigenvalue weighted by atomic mass is 16.3. The SMILES string of the molecule is CN=C(NCc1coc(-c2ccc(C)cc2)n1)NCC1CCCN(C)C1. The van der Waals surface area contributed by atoms with E-state index in [1.54, 1.807) is 13.3 Å². The first-order valence-corrected chi connectivity index (χ1v) is 9.28. The van der Waals surface area contributed by atoms with E-state index < -0.39 is 0 Å². The summed E-state index contributed by atoms with van der Waals surface area (Å²) < 4.78 is 5.61. The smallest absolute Gasteiger partial charge is 0.226 e. The minimum Gasteiger partial charge on any atom is -0.444 e. The summed E-state index contributed by atoms with van der Waals surface area (Å²) in [6, 6.07) is 8.18. The molecule has 0 spiro atoms. The maximum Gasteiger partial charge on any atom is 0.226 e. The average molecular weight is 355 g/mol. The van der Waals surface area contributed by atoms with Gasteiger partial charge in [0, 0.05) is 25.7 Å². The molecule has 1 aromatic carbocycles. The molecule has 1 atom stereocenters. The predicted molar refractivity (Wildman–Crippen MR) is 105 cm³/mol. The van der Waals surface area contributed by atoms with Crippen molar-refractivity contribution in [1.82, 2.24) is 20.5 Å². The highest BCUT2D eigenvalue weighted by Gasteiger charge is 2.17. The van der Waals surface area contributed by atoms with Crippen LogP contribution in [0.3, 0.4) is 0 Å². The molecule has 0 bridgehead atoms. The quantitative estimate of drug-likeness (QED) is 0.638. The van der Waals surface area contributed by atoms with Gasteiger partial charge in [0.2, 0.25) is 5.89 Å². The number of rotatable bonds is 5. The zero-order chi connectivity index (χ0) is 18.4. The molecule has 6 heteroatoms. The molecule has 0 amide bonds. The van der Waals surface area contributed by atoms with Crippen molar-refractivity contribution in [2.45, 2.75) is 26.3 Å². The number of oxazole rings is 1. The maximum absolute atomic E-state index is 5.61. The Labute approximate surface area is 155 Å². The van der Waals surface area contributed by atoms with Crippen LogP contribution < -0.4 is 10.6 Å². The lowest BCUT2D eigenvalue weighted by Gasteiger charge is -2.30. The molecule has 3 rings (SSSR count). The number of hydrogen-bond donors (Lipinski definition) is 2. The normalized spacial score (nSPS) is 18.7. The van der Waals surface area contributed by atoms with Crippen LogP contribution in [-0.2, 0) is 6.54 Å². The number of nitrogens with zero attached hydrogens (tertiary/aromatic N) is 3. The maximum atomic E-state index is 5.61. The second-order valence-corrected chi connectivity index (χ2v) is 7.09. The Bertz CT molecular complexity index is 722. The van der Waals surface area contributed by atoms with Gasteiger partial charge in [-0.15, -0.1) is 0 Å². The molecule has 0 radical (unpaired) electrons. The first-order chi connectivity index (χ1) is 12.6. The molecule has 2 heterocycles. The van der Waals surface area contributed by atoms with Crippen molar-refractivity contribution in [3.63, 3.8) is 0 Å². The summed E-state index contributed by atoms with van der Waals surface area (Å²) in [6.07, 6.45) is 4.25. The zero-order valence-electron chi connectivity index (χ0n) is 16.0. The molecule has 0 aliphatic carbocycles. The molecule has 0 saturated carbocycles. The van der Waals surface area contributed by atoms with Crippen molar-refractivity contribution in [2.24, 2.45) is 10.9 Å². The van der Waals surface area contributed by atoms with Crippen LogP contribution in [0.2, 0.25) is 0 Å². The lowest BCUT2D eigenvalue weighted by Crippen LogP contribution is -2.43. The van der Waals surface area contributed by atoms with Crippen LogP contribution in [0, 0.1) is 12.8 Å². The third-order valence-electron chi connectivity index (χ3n) is 4.79. The van der Waals surface area contributed by atoms with Crippen LogP contribution in [0.25, 0.3) is 11.5 Å². The van der Waals surface area contributed by atoms with E-state index in [4.69, 9.17) is 4.42 Å². The summed E-state index contributed by atoms with van der Waals surface area (Å²) in [5.41, 5.74) is 3.08. The third-order valence-corrected chi connectivity index (χ3v) is 4.79. The molecular formula is C20H29N5O. The van der Waals surface area contributed by atoms with Crippen LogP contribution in [0.1, 0.15) is 24.1 Å². The molecule has 2 aromatic rings. The first kappa shape index (κ1) is 18.5.